The number of nitrogens with zero attached hydrogens (tertiary/aromatic N) is 7. The van der Waals surface area contributed by atoms with Crippen molar-refractivity contribution in [3.05, 3.63) is 59.0 Å². The maximum Gasteiger partial charge on any atom is 0.256 e. The van der Waals surface area contributed by atoms with E-state index in [0.29, 0.717) is 23.1 Å². The van der Waals surface area contributed by atoms with Crippen molar-refractivity contribution in [3.63, 3.8) is 0 Å². The lowest BCUT2D eigenvalue weighted by Gasteiger charge is -2.14. The number of imidazole rings is 1. The summed E-state index contributed by atoms with van der Waals surface area (Å²) in [6.07, 6.45) is 1.25. The Balaban J connectivity index is 1.59. The average molecular weight is 380 g/mol. The summed E-state index contributed by atoms with van der Waals surface area (Å²) in [6, 6.07) is 8.77. The van der Waals surface area contributed by atoms with Gasteiger partial charge in [-0.3, -0.25) is 9.36 Å². The van der Waals surface area contributed by atoms with Crippen LogP contribution >= 0.6 is 0 Å². The zero-order valence-corrected chi connectivity index (χ0v) is 14.6. The van der Waals surface area contributed by atoms with Crippen LogP contribution in [0, 0.1) is 0 Å². The van der Waals surface area contributed by atoms with Gasteiger partial charge < -0.3 is 15.2 Å². The molecule has 1 aromatic carbocycles. The van der Waals surface area contributed by atoms with E-state index in [1.807, 2.05) is 6.07 Å². The Kier molecular flexibility index (Phi) is 4.85. The molecule has 1 aliphatic heterocycles. The molecule has 0 spiro atoms. The van der Waals surface area contributed by atoms with Gasteiger partial charge in [-0.15, -0.1) is 0 Å². The topological polar surface area (TPSA) is 151 Å². The third kappa shape index (κ3) is 3.37. The molecule has 11 nitrogen and oxygen atoms in total. The van der Waals surface area contributed by atoms with Crippen LogP contribution in [0.1, 0.15) is 23.0 Å². The van der Waals surface area contributed by atoms with E-state index < -0.39 is 18.4 Å². The van der Waals surface area contributed by atoms with E-state index in [0.717, 1.165) is 0 Å². The quantitative estimate of drug-likeness (QED) is 0.393. The normalized spacial score (nSPS) is 21.4. The van der Waals surface area contributed by atoms with Gasteiger partial charge in [-0.2, -0.15) is 0 Å². The molecule has 3 heterocycles. The van der Waals surface area contributed by atoms with Gasteiger partial charge in [0.25, 0.3) is 5.91 Å². The SMILES string of the molecule is [N-]=[N+]=NC[C@@H]1O[C@H](n2cnc3c(NC(=O)c4ccccc4)ncnc32)C[C@H]1O. The summed E-state index contributed by atoms with van der Waals surface area (Å²) in [6.45, 7) is 0.0359. The zero-order valence-electron chi connectivity index (χ0n) is 14.6. The number of benzene rings is 1. The summed E-state index contributed by atoms with van der Waals surface area (Å²) in [5.74, 6) is -0.0288. The van der Waals surface area contributed by atoms with Crippen molar-refractivity contribution in [2.75, 3.05) is 11.9 Å². The van der Waals surface area contributed by atoms with Gasteiger partial charge in [-0.1, -0.05) is 23.3 Å². The molecule has 1 amide bonds. The molecular weight excluding hydrogens is 364 g/mol. The van der Waals surface area contributed by atoms with Crippen LogP contribution in [0.4, 0.5) is 5.82 Å². The summed E-state index contributed by atoms with van der Waals surface area (Å²) < 4.78 is 7.44. The molecule has 0 aliphatic carbocycles. The molecule has 0 saturated carbocycles. The van der Waals surface area contributed by atoms with Gasteiger partial charge in [-0.25, -0.2) is 15.0 Å². The van der Waals surface area contributed by atoms with Crippen LogP contribution < -0.4 is 5.32 Å². The van der Waals surface area contributed by atoms with Crippen molar-refractivity contribution in [1.29, 1.82) is 0 Å². The first-order chi connectivity index (χ1) is 13.7. The molecule has 2 aromatic heterocycles. The molecule has 1 saturated heterocycles. The standard InChI is InChI=1S/C17H16N8O3/c18-24-22-7-12-11(26)6-13(28-12)25-9-21-14-15(19-8-20-16(14)25)23-17(27)10-4-2-1-3-5-10/h1-5,8-9,11-13,26H,6-7H2,(H,19,20,23,27)/t11-,12+,13+/m1/s1. The van der Waals surface area contributed by atoms with E-state index in [9.17, 15) is 9.90 Å². The Morgan fingerprint density at radius 1 is 1.36 bits per heavy atom. The minimum atomic E-state index is -0.771. The highest BCUT2D eigenvalue weighted by atomic mass is 16.5. The number of anilines is 1. The van der Waals surface area contributed by atoms with Gasteiger partial charge in [0.05, 0.1) is 25.1 Å². The number of aliphatic hydroxyl groups excluding tert-OH is 1. The summed E-state index contributed by atoms with van der Waals surface area (Å²) in [5, 5.41) is 16.3. The van der Waals surface area contributed by atoms with Gasteiger partial charge in [-0.05, 0) is 17.7 Å². The minimum Gasteiger partial charge on any atom is -0.390 e. The van der Waals surface area contributed by atoms with Crippen molar-refractivity contribution in [2.45, 2.75) is 24.9 Å². The second-order valence-electron chi connectivity index (χ2n) is 6.21. The van der Waals surface area contributed by atoms with Crippen molar-refractivity contribution in [1.82, 2.24) is 19.5 Å². The number of hydrogen-bond acceptors (Lipinski definition) is 7. The van der Waals surface area contributed by atoms with Gasteiger partial charge in [0.2, 0.25) is 0 Å². The van der Waals surface area contributed by atoms with Gasteiger partial charge in [0.15, 0.2) is 17.0 Å². The first-order valence-electron chi connectivity index (χ1n) is 8.55. The predicted octanol–water partition coefficient (Wildman–Crippen LogP) is 2.04. The number of azide groups is 1. The molecule has 2 N–H and O–H groups in total. The third-order valence-corrected chi connectivity index (χ3v) is 4.47. The van der Waals surface area contributed by atoms with Gasteiger partial charge in [0, 0.05) is 16.9 Å². The first-order valence-corrected chi connectivity index (χ1v) is 8.55. The Morgan fingerprint density at radius 3 is 2.96 bits per heavy atom. The number of carbonyl (C=O) groups is 1. The monoisotopic (exact) mass is 380 g/mol. The Morgan fingerprint density at radius 2 is 2.18 bits per heavy atom. The van der Waals surface area contributed by atoms with E-state index >= 15 is 0 Å². The maximum atomic E-state index is 12.4. The predicted molar refractivity (Wildman–Crippen MR) is 98.3 cm³/mol. The molecule has 4 rings (SSSR count). The average Bonchev–Trinajstić information content (AvgIpc) is 3.31. The highest BCUT2D eigenvalue weighted by Gasteiger charge is 2.35. The summed E-state index contributed by atoms with van der Waals surface area (Å²) in [5.41, 5.74) is 9.80. The summed E-state index contributed by atoms with van der Waals surface area (Å²) >= 11 is 0. The molecule has 142 valence electrons. The molecule has 11 heteroatoms. The lowest BCUT2D eigenvalue weighted by molar-refractivity contribution is -0.0114. The number of carbonyl (C=O) groups excluding carboxylic acids is 1. The summed E-state index contributed by atoms with van der Waals surface area (Å²) in [4.78, 5) is 27.7. The number of nitrogens with one attached hydrogen (secondary N) is 1. The lowest BCUT2D eigenvalue weighted by Crippen LogP contribution is -2.23. The number of rotatable bonds is 5. The maximum absolute atomic E-state index is 12.4. The van der Waals surface area contributed by atoms with E-state index in [2.05, 4.69) is 30.3 Å². The first kappa shape index (κ1) is 17.9. The highest BCUT2D eigenvalue weighted by Crippen LogP contribution is 2.32. The molecule has 0 unspecified atom stereocenters. The fourth-order valence-electron chi connectivity index (χ4n) is 3.09. The van der Waals surface area contributed by atoms with Crippen LogP contribution in [0.3, 0.4) is 0 Å². The van der Waals surface area contributed by atoms with Crippen LogP contribution in [-0.2, 0) is 4.74 Å². The number of ether oxygens (including phenoxy) is 1. The van der Waals surface area contributed by atoms with Crippen molar-refractivity contribution < 1.29 is 14.6 Å². The lowest BCUT2D eigenvalue weighted by atomic mass is 10.2. The van der Waals surface area contributed by atoms with Crippen LogP contribution in [0.15, 0.2) is 48.1 Å². The number of aromatic nitrogens is 4. The molecule has 28 heavy (non-hydrogen) atoms. The number of fused-ring (bicyclic) bond motifs is 1. The van der Waals surface area contributed by atoms with Crippen molar-refractivity contribution in [3.8, 4) is 0 Å². The Hall–Kier alpha value is -3.53. The molecule has 0 bridgehead atoms. The van der Waals surface area contributed by atoms with Crippen LogP contribution in [0.25, 0.3) is 21.6 Å². The molecular formula is C17H16N8O3. The van der Waals surface area contributed by atoms with E-state index in [1.165, 1.54) is 12.7 Å². The number of hydrogen-bond donors (Lipinski definition) is 2. The van der Waals surface area contributed by atoms with E-state index in [-0.39, 0.29) is 18.3 Å². The minimum absolute atomic E-state index is 0.0359. The van der Waals surface area contributed by atoms with Gasteiger partial charge in [0.1, 0.15) is 12.6 Å². The molecule has 3 atom stereocenters. The molecule has 1 aliphatic rings. The fraction of sp³-hybridized carbons (Fsp3) is 0.294. The molecule has 0 radical (unpaired) electrons. The fourth-order valence-corrected chi connectivity index (χ4v) is 3.09. The Labute approximate surface area is 158 Å². The number of aliphatic hydroxyl groups is 1. The second kappa shape index (κ2) is 7.61. The zero-order chi connectivity index (χ0) is 19.5. The van der Waals surface area contributed by atoms with Crippen molar-refractivity contribution >= 4 is 22.9 Å². The summed E-state index contributed by atoms with van der Waals surface area (Å²) in [7, 11) is 0. The second-order valence-corrected chi connectivity index (χ2v) is 6.21. The molecule has 1 fully saturated rings. The largest absolute Gasteiger partial charge is 0.390 e. The number of amides is 1. The highest BCUT2D eigenvalue weighted by molar-refractivity contribution is 6.06. The molecule has 3 aromatic rings. The van der Waals surface area contributed by atoms with Crippen molar-refractivity contribution in [2.24, 2.45) is 5.11 Å². The van der Waals surface area contributed by atoms with E-state index in [4.69, 9.17) is 10.3 Å². The van der Waals surface area contributed by atoms with Crippen LogP contribution in [0.2, 0.25) is 0 Å². The van der Waals surface area contributed by atoms with Crippen LogP contribution in [-0.4, -0.2) is 49.3 Å². The van der Waals surface area contributed by atoms with Crippen LogP contribution in [0.5, 0.6) is 0 Å². The third-order valence-electron chi connectivity index (χ3n) is 4.47. The van der Waals surface area contributed by atoms with E-state index in [1.54, 1.807) is 28.8 Å². The smallest absolute Gasteiger partial charge is 0.256 e. The Bertz CT molecular complexity index is 1050. The van der Waals surface area contributed by atoms with Gasteiger partial charge >= 0.3 is 0 Å².